The summed E-state index contributed by atoms with van der Waals surface area (Å²) in [7, 11) is 1.67. The maximum Gasteiger partial charge on any atom is 0.119 e. The molecule has 0 heterocycles. The second-order valence-corrected chi connectivity index (χ2v) is 4.94. The first-order chi connectivity index (χ1) is 10.3. The Labute approximate surface area is 124 Å². The molecule has 0 aliphatic rings. The number of nitrogens with one attached hydrogen (secondary N) is 1. The van der Waals surface area contributed by atoms with Crippen LogP contribution in [-0.2, 0) is 0 Å². The van der Waals surface area contributed by atoms with E-state index >= 15 is 0 Å². The molecule has 3 aromatic rings. The van der Waals surface area contributed by atoms with E-state index in [1.165, 1.54) is 10.8 Å². The third kappa shape index (κ3) is 2.61. The van der Waals surface area contributed by atoms with Crippen LogP contribution in [0.1, 0.15) is 17.2 Å². The first-order valence-electron chi connectivity index (χ1n) is 6.91. The summed E-state index contributed by atoms with van der Waals surface area (Å²) in [6.45, 7) is 0. The molecule has 0 saturated heterocycles. The molecule has 3 aromatic carbocycles. The van der Waals surface area contributed by atoms with E-state index in [0.29, 0.717) is 0 Å². The molecule has 0 saturated carbocycles. The SMILES string of the molecule is COc1cccc(C(NN)c2cccc3ccccc23)c1. The largest absolute Gasteiger partial charge is 0.497 e. The zero-order chi connectivity index (χ0) is 14.7. The van der Waals surface area contributed by atoms with E-state index in [2.05, 4.69) is 41.8 Å². The molecule has 21 heavy (non-hydrogen) atoms. The van der Waals surface area contributed by atoms with Crippen molar-refractivity contribution >= 4 is 10.8 Å². The van der Waals surface area contributed by atoms with Crippen LogP contribution in [0.25, 0.3) is 10.8 Å². The average Bonchev–Trinajstić information content (AvgIpc) is 2.56. The normalized spacial score (nSPS) is 12.3. The van der Waals surface area contributed by atoms with Gasteiger partial charge in [0.25, 0.3) is 0 Å². The van der Waals surface area contributed by atoms with Crippen LogP contribution in [0.5, 0.6) is 5.75 Å². The maximum atomic E-state index is 5.83. The molecule has 0 aliphatic heterocycles. The van der Waals surface area contributed by atoms with Crippen LogP contribution in [0.3, 0.4) is 0 Å². The Morgan fingerprint density at radius 2 is 1.71 bits per heavy atom. The van der Waals surface area contributed by atoms with Gasteiger partial charge in [0.1, 0.15) is 5.75 Å². The number of hydrazine groups is 1. The number of rotatable bonds is 4. The Bertz CT molecular complexity index is 750. The van der Waals surface area contributed by atoms with Gasteiger partial charge in [-0.25, -0.2) is 5.43 Å². The van der Waals surface area contributed by atoms with Crippen LogP contribution in [-0.4, -0.2) is 7.11 Å². The lowest BCUT2D eigenvalue weighted by Crippen LogP contribution is -2.29. The first kappa shape index (κ1) is 13.6. The van der Waals surface area contributed by atoms with Crippen molar-refractivity contribution in [3.8, 4) is 5.75 Å². The fraction of sp³-hybridized carbons (Fsp3) is 0.111. The van der Waals surface area contributed by atoms with E-state index in [-0.39, 0.29) is 6.04 Å². The van der Waals surface area contributed by atoms with E-state index in [4.69, 9.17) is 10.6 Å². The minimum absolute atomic E-state index is 0.0776. The highest BCUT2D eigenvalue weighted by Gasteiger charge is 2.15. The molecular formula is C18H18N2O. The third-order valence-electron chi connectivity index (χ3n) is 3.73. The second-order valence-electron chi connectivity index (χ2n) is 4.94. The minimum atomic E-state index is -0.0776. The Balaban J connectivity index is 2.13. The lowest BCUT2D eigenvalue weighted by atomic mass is 9.94. The molecule has 0 bridgehead atoms. The van der Waals surface area contributed by atoms with Crippen LogP contribution >= 0.6 is 0 Å². The number of ether oxygens (including phenoxy) is 1. The highest BCUT2D eigenvalue weighted by atomic mass is 16.5. The summed E-state index contributed by atoms with van der Waals surface area (Å²) in [6, 6.07) is 22.5. The molecule has 3 rings (SSSR count). The molecule has 0 radical (unpaired) electrons. The van der Waals surface area contributed by atoms with Gasteiger partial charge in [0, 0.05) is 0 Å². The van der Waals surface area contributed by atoms with E-state index in [1.54, 1.807) is 7.11 Å². The summed E-state index contributed by atoms with van der Waals surface area (Å²) in [4.78, 5) is 0. The molecule has 0 fully saturated rings. The molecule has 3 N–H and O–H groups in total. The Hall–Kier alpha value is -2.36. The molecule has 0 aromatic heterocycles. The maximum absolute atomic E-state index is 5.83. The minimum Gasteiger partial charge on any atom is -0.497 e. The standard InChI is InChI=1S/C18H18N2O/c1-21-15-9-4-8-14(12-15)18(20-19)17-11-5-7-13-6-2-3-10-16(13)17/h2-12,18,20H,19H2,1H3. The molecular weight excluding hydrogens is 260 g/mol. The highest BCUT2D eigenvalue weighted by molar-refractivity contribution is 5.86. The zero-order valence-corrected chi connectivity index (χ0v) is 11.9. The summed E-state index contributed by atoms with van der Waals surface area (Å²) < 4.78 is 5.30. The van der Waals surface area contributed by atoms with E-state index < -0.39 is 0 Å². The summed E-state index contributed by atoms with van der Waals surface area (Å²) in [5.41, 5.74) is 5.16. The van der Waals surface area contributed by atoms with Crippen molar-refractivity contribution < 1.29 is 4.74 Å². The molecule has 3 heteroatoms. The molecule has 3 nitrogen and oxygen atoms in total. The topological polar surface area (TPSA) is 47.3 Å². The Morgan fingerprint density at radius 1 is 0.952 bits per heavy atom. The third-order valence-corrected chi connectivity index (χ3v) is 3.73. The zero-order valence-electron chi connectivity index (χ0n) is 11.9. The van der Waals surface area contributed by atoms with Crippen LogP contribution < -0.4 is 16.0 Å². The smallest absolute Gasteiger partial charge is 0.119 e. The average molecular weight is 278 g/mol. The molecule has 1 atom stereocenters. The van der Waals surface area contributed by atoms with Gasteiger partial charge in [-0.2, -0.15) is 0 Å². The van der Waals surface area contributed by atoms with Gasteiger partial charge in [-0.3, -0.25) is 5.84 Å². The quantitative estimate of drug-likeness (QED) is 0.568. The number of fused-ring (bicyclic) bond motifs is 1. The molecule has 106 valence electrons. The van der Waals surface area contributed by atoms with Crippen molar-refractivity contribution in [2.24, 2.45) is 5.84 Å². The Morgan fingerprint density at radius 3 is 2.52 bits per heavy atom. The molecule has 0 aliphatic carbocycles. The van der Waals surface area contributed by atoms with Crippen molar-refractivity contribution in [1.29, 1.82) is 0 Å². The molecule has 0 spiro atoms. The van der Waals surface area contributed by atoms with Crippen LogP contribution in [0, 0.1) is 0 Å². The summed E-state index contributed by atoms with van der Waals surface area (Å²) >= 11 is 0. The Kier molecular flexibility index (Phi) is 3.86. The lowest BCUT2D eigenvalue weighted by Gasteiger charge is -2.19. The highest BCUT2D eigenvalue weighted by Crippen LogP contribution is 2.29. The van der Waals surface area contributed by atoms with Gasteiger partial charge in [0.15, 0.2) is 0 Å². The number of benzene rings is 3. The van der Waals surface area contributed by atoms with E-state index in [0.717, 1.165) is 16.9 Å². The summed E-state index contributed by atoms with van der Waals surface area (Å²) in [5, 5.41) is 2.41. The van der Waals surface area contributed by atoms with Crippen molar-refractivity contribution in [1.82, 2.24) is 5.43 Å². The predicted molar refractivity (Wildman–Crippen MR) is 86.1 cm³/mol. The monoisotopic (exact) mass is 278 g/mol. The van der Waals surface area contributed by atoms with Gasteiger partial charge in [-0.15, -0.1) is 0 Å². The van der Waals surface area contributed by atoms with Gasteiger partial charge in [0.05, 0.1) is 13.2 Å². The summed E-state index contributed by atoms with van der Waals surface area (Å²) in [6.07, 6.45) is 0. The lowest BCUT2D eigenvalue weighted by molar-refractivity contribution is 0.413. The van der Waals surface area contributed by atoms with Gasteiger partial charge in [-0.1, -0.05) is 54.6 Å². The van der Waals surface area contributed by atoms with Gasteiger partial charge in [0.2, 0.25) is 0 Å². The first-order valence-corrected chi connectivity index (χ1v) is 6.91. The molecule has 1 unspecified atom stereocenters. The number of hydrogen-bond donors (Lipinski definition) is 2. The van der Waals surface area contributed by atoms with Crippen LogP contribution in [0.4, 0.5) is 0 Å². The van der Waals surface area contributed by atoms with Gasteiger partial charge < -0.3 is 4.74 Å². The number of methoxy groups -OCH3 is 1. The van der Waals surface area contributed by atoms with Crippen LogP contribution in [0.2, 0.25) is 0 Å². The van der Waals surface area contributed by atoms with E-state index in [1.807, 2.05) is 30.3 Å². The van der Waals surface area contributed by atoms with Gasteiger partial charge in [-0.05, 0) is 34.0 Å². The molecule has 0 amide bonds. The fourth-order valence-electron chi connectivity index (χ4n) is 2.69. The second kappa shape index (κ2) is 5.95. The van der Waals surface area contributed by atoms with E-state index in [9.17, 15) is 0 Å². The van der Waals surface area contributed by atoms with Crippen molar-refractivity contribution in [2.75, 3.05) is 7.11 Å². The predicted octanol–water partition coefficient (Wildman–Crippen LogP) is 3.40. The van der Waals surface area contributed by atoms with Crippen LogP contribution in [0.15, 0.2) is 66.7 Å². The van der Waals surface area contributed by atoms with Crippen molar-refractivity contribution in [3.63, 3.8) is 0 Å². The number of hydrogen-bond acceptors (Lipinski definition) is 3. The van der Waals surface area contributed by atoms with Crippen molar-refractivity contribution in [2.45, 2.75) is 6.04 Å². The number of nitrogens with two attached hydrogens (primary N) is 1. The van der Waals surface area contributed by atoms with Gasteiger partial charge >= 0.3 is 0 Å². The fourth-order valence-corrected chi connectivity index (χ4v) is 2.69. The summed E-state index contributed by atoms with van der Waals surface area (Å²) in [5.74, 6) is 6.66. The van der Waals surface area contributed by atoms with Crippen molar-refractivity contribution in [3.05, 3.63) is 77.9 Å².